The Morgan fingerprint density at radius 3 is 2.17 bits per heavy atom. The molecule has 1 aromatic carbocycles. The fourth-order valence-electron chi connectivity index (χ4n) is 1.95. The Kier molecular flexibility index (Phi) is 5.69. The van der Waals surface area contributed by atoms with E-state index in [9.17, 15) is 4.79 Å². The summed E-state index contributed by atoms with van der Waals surface area (Å²) in [5.74, 6) is 0.736. The largest absolute Gasteiger partial charge is 0.383 e. The van der Waals surface area contributed by atoms with Gasteiger partial charge >= 0.3 is 0 Å². The lowest BCUT2D eigenvalue weighted by Crippen LogP contribution is -2.17. The maximum absolute atomic E-state index is 11.2. The van der Waals surface area contributed by atoms with Crippen molar-refractivity contribution in [3.05, 3.63) is 24.3 Å². The molecule has 0 fully saturated rings. The molecule has 1 rings (SSSR count). The molecule has 18 heavy (non-hydrogen) atoms. The Morgan fingerprint density at radius 2 is 1.67 bits per heavy atom. The zero-order chi connectivity index (χ0) is 13.5. The molecular formula is C15H24N2O. The zero-order valence-corrected chi connectivity index (χ0v) is 11.8. The SMILES string of the molecule is CCC(=O)Nc1ccc(NC(C)CC(C)C)cc1. The second-order valence-corrected chi connectivity index (χ2v) is 5.15. The van der Waals surface area contributed by atoms with Crippen LogP contribution in [0.4, 0.5) is 11.4 Å². The van der Waals surface area contributed by atoms with Gasteiger partial charge in [0.25, 0.3) is 0 Å². The van der Waals surface area contributed by atoms with E-state index in [0.717, 1.165) is 17.8 Å². The molecule has 1 amide bonds. The molecule has 0 saturated heterocycles. The third kappa shape index (κ3) is 5.21. The summed E-state index contributed by atoms with van der Waals surface area (Å²) >= 11 is 0. The van der Waals surface area contributed by atoms with Crippen LogP contribution in [0, 0.1) is 5.92 Å². The van der Waals surface area contributed by atoms with Gasteiger partial charge in [0.1, 0.15) is 0 Å². The quantitative estimate of drug-likeness (QED) is 0.802. The maximum atomic E-state index is 11.2. The summed E-state index contributed by atoms with van der Waals surface area (Å²) in [5, 5.41) is 6.29. The van der Waals surface area contributed by atoms with Gasteiger partial charge in [0, 0.05) is 23.8 Å². The van der Waals surface area contributed by atoms with Crippen molar-refractivity contribution >= 4 is 17.3 Å². The molecule has 3 nitrogen and oxygen atoms in total. The minimum absolute atomic E-state index is 0.0453. The predicted octanol–water partition coefficient (Wildman–Crippen LogP) is 3.88. The summed E-state index contributed by atoms with van der Waals surface area (Å²) in [6.45, 7) is 8.48. The highest BCUT2D eigenvalue weighted by molar-refractivity contribution is 5.90. The average molecular weight is 248 g/mol. The monoisotopic (exact) mass is 248 g/mol. The van der Waals surface area contributed by atoms with Gasteiger partial charge in [0.15, 0.2) is 0 Å². The van der Waals surface area contributed by atoms with Crippen molar-refractivity contribution in [2.45, 2.75) is 46.6 Å². The van der Waals surface area contributed by atoms with Crippen LogP contribution in [0.15, 0.2) is 24.3 Å². The van der Waals surface area contributed by atoms with Gasteiger partial charge in [-0.2, -0.15) is 0 Å². The van der Waals surface area contributed by atoms with Crippen molar-refractivity contribution in [1.82, 2.24) is 0 Å². The first kappa shape index (κ1) is 14.6. The molecule has 1 atom stereocenters. The van der Waals surface area contributed by atoms with Gasteiger partial charge in [-0.05, 0) is 43.5 Å². The number of carbonyl (C=O) groups is 1. The molecule has 0 bridgehead atoms. The van der Waals surface area contributed by atoms with Crippen molar-refractivity contribution in [3.8, 4) is 0 Å². The maximum Gasteiger partial charge on any atom is 0.224 e. The fourth-order valence-corrected chi connectivity index (χ4v) is 1.95. The summed E-state index contributed by atoms with van der Waals surface area (Å²) < 4.78 is 0. The van der Waals surface area contributed by atoms with Crippen LogP contribution in [0.1, 0.15) is 40.5 Å². The third-order valence-electron chi connectivity index (χ3n) is 2.73. The Morgan fingerprint density at radius 1 is 1.11 bits per heavy atom. The predicted molar refractivity (Wildman–Crippen MR) is 77.9 cm³/mol. The Balaban J connectivity index is 2.52. The smallest absolute Gasteiger partial charge is 0.224 e. The topological polar surface area (TPSA) is 41.1 Å². The number of benzene rings is 1. The number of amides is 1. The molecule has 0 radical (unpaired) electrons. The van der Waals surface area contributed by atoms with E-state index in [4.69, 9.17) is 0 Å². The second kappa shape index (κ2) is 7.04. The van der Waals surface area contributed by atoms with Crippen LogP contribution in [-0.4, -0.2) is 11.9 Å². The van der Waals surface area contributed by atoms with Crippen molar-refractivity contribution in [2.24, 2.45) is 5.92 Å². The minimum atomic E-state index is 0.0453. The van der Waals surface area contributed by atoms with Gasteiger partial charge in [-0.15, -0.1) is 0 Å². The number of hydrogen-bond donors (Lipinski definition) is 2. The van der Waals surface area contributed by atoms with Gasteiger partial charge in [0.05, 0.1) is 0 Å². The standard InChI is InChI=1S/C15H24N2O/c1-5-15(18)17-14-8-6-13(7-9-14)16-12(4)10-11(2)3/h6-9,11-12,16H,5,10H2,1-4H3,(H,17,18). The Bertz CT molecular complexity index is 371. The van der Waals surface area contributed by atoms with E-state index in [2.05, 4.69) is 31.4 Å². The van der Waals surface area contributed by atoms with E-state index in [1.807, 2.05) is 31.2 Å². The average Bonchev–Trinajstić information content (AvgIpc) is 2.30. The minimum Gasteiger partial charge on any atom is -0.383 e. The molecule has 0 spiro atoms. The van der Waals surface area contributed by atoms with Crippen molar-refractivity contribution in [2.75, 3.05) is 10.6 Å². The van der Waals surface area contributed by atoms with Crippen molar-refractivity contribution in [3.63, 3.8) is 0 Å². The fraction of sp³-hybridized carbons (Fsp3) is 0.533. The summed E-state index contributed by atoms with van der Waals surface area (Å²) in [5.41, 5.74) is 1.95. The van der Waals surface area contributed by atoms with Gasteiger partial charge in [-0.25, -0.2) is 0 Å². The van der Waals surface area contributed by atoms with Crippen LogP contribution in [0.2, 0.25) is 0 Å². The van der Waals surface area contributed by atoms with E-state index in [0.29, 0.717) is 18.4 Å². The molecule has 0 saturated carbocycles. The summed E-state index contributed by atoms with van der Waals surface area (Å²) in [6.07, 6.45) is 1.65. The lowest BCUT2D eigenvalue weighted by atomic mass is 10.1. The highest BCUT2D eigenvalue weighted by Gasteiger charge is 2.05. The van der Waals surface area contributed by atoms with Gasteiger partial charge < -0.3 is 10.6 Å². The molecule has 0 aliphatic heterocycles. The Hall–Kier alpha value is -1.51. The Labute approximate surface area is 110 Å². The number of carbonyl (C=O) groups excluding carboxylic acids is 1. The van der Waals surface area contributed by atoms with Gasteiger partial charge in [-0.3, -0.25) is 4.79 Å². The molecule has 1 unspecified atom stereocenters. The van der Waals surface area contributed by atoms with E-state index >= 15 is 0 Å². The molecular weight excluding hydrogens is 224 g/mol. The van der Waals surface area contributed by atoms with Crippen LogP contribution in [-0.2, 0) is 4.79 Å². The zero-order valence-electron chi connectivity index (χ0n) is 11.8. The van der Waals surface area contributed by atoms with Gasteiger partial charge in [-0.1, -0.05) is 20.8 Å². The lowest BCUT2D eigenvalue weighted by molar-refractivity contribution is -0.115. The van der Waals surface area contributed by atoms with Crippen LogP contribution in [0.25, 0.3) is 0 Å². The highest BCUT2D eigenvalue weighted by Crippen LogP contribution is 2.16. The molecule has 3 heteroatoms. The second-order valence-electron chi connectivity index (χ2n) is 5.15. The molecule has 1 aromatic rings. The molecule has 0 aliphatic rings. The highest BCUT2D eigenvalue weighted by atomic mass is 16.1. The van der Waals surface area contributed by atoms with Crippen LogP contribution >= 0.6 is 0 Å². The van der Waals surface area contributed by atoms with Crippen LogP contribution < -0.4 is 10.6 Å². The van der Waals surface area contributed by atoms with Crippen LogP contribution in [0.3, 0.4) is 0 Å². The van der Waals surface area contributed by atoms with Crippen LogP contribution in [0.5, 0.6) is 0 Å². The summed E-state index contributed by atoms with van der Waals surface area (Å²) in [6, 6.07) is 8.32. The molecule has 0 heterocycles. The van der Waals surface area contributed by atoms with E-state index in [1.54, 1.807) is 0 Å². The number of rotatable bonds is 6. The van der Waals surface area contributed by atoms with Crippen molar-refractivity contribution in [1.29, 1.82) is 0 Å². The molecule has 2 N–H and O–H groups in total. The van der Waals surface area contributed by atoms with E-state index < -0.39 is 0 Å². The number of anilines is 2. The van der Waals surface area contributed by atoms with E-state index in [1.165, 1.54) is 0 Å². The van der Waals surface area contributed by atoms with Crippen molar-refractivity contribution < 1.29 is 4.79 Å². The first-order chi connectivity index (χ1) is 8.51. The summed E-state index contributed by atoms with van der Waals surface area (Å²) in [7, 11) is 0. The third-order valence-corrected chi connectivity index (χ3v) is 2.73. The first-order valence-corrected chi connectivity index (χ1v) is 6.67. The normalized spacial score (nSPS) is 12.3. The number of hydrogen-bond acceptors (Lipinski definition) is 2. The summed E-state index contributed by atoms with van der Waals surface area (Å²) in [4.78, 5) is 11.2. The van der Waals surface area contributed by atoms with Gasteiger partial charge in [0.2, 0.25) is 5.91 Å². The first-order valence-electron chi connectivity index (χ1n) is 6.67. The molecule has 0 aliphatic carbocycles. The lowest BCUT2D eigenvalue weighted by Gasteiger charge is -2.17. The number of nitrogens with one attached hydrogen (secondary N) is 2. The molecule has 0 aromatic heterocycles. The molecule has 100 valence electrons. The van der Waals surface area contributed by atoms with E-state index in [-0.39, 0.29) is 5.91 Å².